The molecule has 6 aromatic carbocycles. The van der Waals surface area contributed by atoms with Crippen LogP contribution in [0.15, 0.2) is 146 Å². The van der Waals surface area contributed by atoms with Crippen LogP contribution < -0.4 is 0 Å². The van der Waals surface area contributed by atoms with Gasteiger partial charge < -0.3 is 0 Å². The van der Waals surface area contributed by atoms with E-state index in [4.69, 9.17) is 9.97 Å². The monoisotopic (exact) mass is 564 g/mol. The second-order valence-corrected chi connectivity index (χ2v) is 12.1. The minimum atomic E-state index is 0.991. The molecule has 3 aromatic heterocycles. The van der Waals surface area contributed by atoms with Crippen molar-refractivity contribution in [3.8, 4) is 33.6 Å². The van der Waals surface area contributed by atoms with Crippen LogP contribution in [0.2, 0.25) is 0 Å². The van der Waals surface area contributed by atoms with Crippen LogP contribution in [0, 0.1) is 0 Å². The number of nitrogens with zero attached hydrogens (tertiary/aromatic N) is 2. The zero-order valence-corrected chi connectivity index (χ0v) is 24.0. The van der Waals surface area contributed by atoms with E-state index >= 15 is 0 Å². The number of hydrogen-bond acceptors (Lipinski definition) is 3. The summed E-state index contributed by atoms with van der Waals surface area (Å²) in [4.78, 5) is 10.1. The van der Waals surface area contributed by atoms with E-state index in [1.54, 1.807) is 0 Å². The smallest absolute Gasteiger partial charge is 0.0788 e. The molecule has 200 valence electrons. The molecule has 0 bridgehead atoms. The Morgan fingerprint density at radius 3 is 2.05 bits per heavy atom. The quantitative estimate of drug-likeness (QED) is 0.199. The van der Waals surface area contributed by atoms with Crippen LogP contribution in [0.5, 0.6) is 0 Å². The van der Waals surface area contributed by atoms with Crippen molar-refractivity contribution in [2.75, 3.05) is 0 Å². The number of aromatic nitrogens is 2. The van der Waals surface area contributed by atoms with Crippen LogP contribution >= 0.6 is 11.3 Å². The number of thiophene rings is 1. The van der Waals surface area contributed by atoms with Crippen molar-refractivity contribution in [1.82, 2.24) is 9.97 Å². The number of hydrogen-bond donors (Lipinski definition) is 0. The lowest BCUT2D eigenvalue weighted by atomic mass is 9.94. The zero-order valence-electron chi connectivity index (χ0n) is 23.2. The molecular weight excluding hydrogens is 541 g/mol. The third kappa shape index (κ3) is 3.93. The van der Waals surface area contributed by atoms with Crippen LogP contribution in [0.25, 0.3) is 86.3 Å². The fourth-order valence-corrected chi connectivity index (χ4v) is 7.51. The molecule has 2 nitrogen and oxygen atoms in total. The summed E-state index contributed by atoms with van der Waals surface area (Å²) in [5, 5.41) is 8.57. The van der Waals surface area contributed by atoms with Gasteiger partial charge in [0.15, 0.2) is 0 Å². The Bertz CT molecular complexity index is 2500. The summed E-state index contributed by atoms with van der Waals surface area (Å²) in [6, 6.07) is 49.8. The molecule has 0 radical (unpaired) electrons. The van der Waals surface area contributed by atoms with Gasteiger partial charge in [-0.05, 0) is 52.9 Å². The molecule has 9 rings (SSSR count). The van der Waals surface area contributed by atoms with Gasteiger partial charge in [0, 0.05) is 59.0 Å². The topological polar surface area (TPSA) is 25.8 Å². The second-order valence-electron chi connectivity index (χ2n) is 11.0. The first-order chi connectivity index (χ1) is 21.3. The zero-order chi connectivity index (χ0) is 28.3. The Labute approximate surface area is 252 Å². The molecule has 43 heavy (non-hydrogen) atoms. The number of rotatable bonds is 3. The molecule has 0 spiro atoms. The van der Waals surface area contributed by atoms with Gasteiger partial charge in [0.05, 0.1) is 16.9 Å². The summed E-state index contributed by atoms with van der Waals surface area (Å²) in [7, 11) is 0. The van der Waals surface area contributed by atoms with Crippen LogP contribution in [0.1, 0.15) is 0 Å². The van der Waals surface area contributed by atoms with Crippen molar-refractivity contribution in [3.63, 3.8) is 0 Å². The molecular formula is C40H24N2S. The van der Waals surface area contributed by atoms with Crippen LogP contribution in [-0.2, 0) is 0 Å². The Morgan fingerprint density at radius 2 is 1.19 bits per heavy atom. The van der Waals surface area contributed by atoms with E-state index < -0.39 is 0 Å². The number of benzene rings is 6. The van der Waals surface area contributed by atoms with Crippen molar-refractivity contribution in [2.45, 2.75) is 0 Å². The Kier molecular flexibility index (Phi) is 5.40. The van der Waals surface area contributed by atoms with E-state index in [-0.39, 0.29) is 0 Å². The van der Waals surface area contributed by atoms with Gasteiger partial charge in [0.1, 0.15) is 0 Å². The van der Waals surface area contributed by atoms with Crippen LogP contribution in [-0.4, -0.2) is 9.97 Å². The average Bonchev–Trinajstić information content (AvgIpc) is 3.47. The summed E-state index contributed by atoms with van der Waals surface area (Å²) >= 11 is 1.86. The molecule has 9 aromatic rings. The normalized spacial score (nSPS) is 11.7. The molecule has 0 atom stereocenters. The van der Waals surface area contributed by atoms with E-state index in [0.717, 1.165) is 33.4 Å². The minimum absolute atomic E-state index is 0.991. The van der Waals surface area contributed by atoms with Crippen molar-refractivity contribution < 1.29 is 0 Å². The molecule has 3 heterocycles. The van der Waals surface area contributed by atoms with E-state index in [1.807, 2.05) is 23.6 Å². The fourth-order valence-electron chi connectivity index (χ4n) is 6.39. The molecule has 0 saturated carbocycles. The van der Waals surface area contributed by atoms with E-state index in [2.05, 4.69) is 133 Å². The summed E-state index contributed by atoms with van der Waals surface area (Å²) in [5.41, 5.74) is 7.64. The first-order valence-electron chi connectivity index (χ1n) is 14.5. The summed E-state index contributed by atoms with van der Waals surface area (Å²) in [6.45, 7) is 0. The van der Waals surface area contributed by atoms with Gasteiger partial charge in [0.25, 0.3) is 0 Å². The predicted molar refractivity (Wildman–Crippen MR) is 184 cm³/mol. The molecule has 0 aliphatic carbocycles. The van der Waals surface area contributed by atoms with E-state index in [9.17, 15) is 0 Å². The van der Waals surface area contributed by atoms with Crippen LogP contribution in [0.4, 0.5) is 0 Å². The van der Waals surface area contributed by atoms with Crippen molar-refractivity contribution in [1.29, 1.82) is 0 Å². The highest BCUT2D eigenvalue weighted by Gasteiger charge is 2.17. The Morgan fingerprint density at radius 1 is 0.442 bits per heavy atom. The lowest BCUT2D eigenvalue weighted by molar-refractivity contribution is 1.36. The lowest BCUT2D eigenvalue weighted by Gasteiger charge is -2.13. The van der Waals surface area contributed by atoms with Gasteiger partial charge in [-0.3, -0.25) is 4.98 Å². The van der Waals surface area contributed by atoms with Gasteiger partial charge in [-0.15, -0.1) is 11.3 Å². The molecule has 0 N–H and O–H groups in total. The predicted octanol–water partition coefficient (Wildman–Crippen LogP) is 11.3. The molecule has 3 heteroatoms. The molecule has 0 aliphatic heterocycles. The van der Waals surface area contributed by atoms with Crippen LogP contribution in [0.3, 0.4) is 0 Å². The third-order valence-corrected chi connectivity index (χ3v) is 9.60. The van der Waals surface area contributed by atoms with E-state index in [0.29, 0.717) is 0 Å². The molecule has 0 aliphatic rings. The van der Waals surface area contributed by atoms with Crippen molar-refractivity contribution in [2.24, 2.45) is 0 Å². The maximum absolute atomic E-state index is 5.26. The van der Waals surface area contributed by atoms with Gasteiger partial charge >= 0.3 is 0 Å². The third-order valence-electron chi connectivity index (χ3n) is 8.47. The average molecular weight is 565 g/mol. The Hall–Kier alpha value is -5.38. The van der Waals surface area contributed by atoms with Crippen molar-refractivity contribution >= 4 is 64.0 Å². The highest BCUT2D eigenvalue weighted by molar-refractivity contribution is 7.26. The van der Waals surface area contributed by atoms with Crippen molar-refractivity contribution in [3.05, 3.63) is 146 Å². The molecule has 0 amide bonds. The van der Waals surface area contributed by atoms with Gasteiger partial charge in [-0.25, -0.2) is 4.98 Å². The second kappa shape index (κ2) is 9.59. The first kappa shape index (κ1) is 24.2. The highest BCUT2D eigenvalue weighted by Crippen LogP contribution is 2.44. The minimum Gasteiger partial charge on any atom is -0.256 e. The standard InChI is InChI=1S/C40H24N2S/c1-3-9-25(10-4-1)35-23-29-16-15-27(21-30(29)24-41-35)28-17-19-34-33(22-28)38-32(40(42-34)26-11-5-2-6-12-26)18-20-37-39(38)31-13-7-8-14-36(31)43-37/h1-24H. The maximum Gasteiger partial charge on any atom is 0.0788 e. The summed E-state index contributed by atoms with van der Waals surface area (Å²) in [6.07, 6.45) is 1.99. The van der Waals surface area contributed by atoms with E-state index in [1.165, 1.54) is 52.8 Å². The van der Waals surface area contributed by atoms with Gasteiger partial charge in [0.2, 0.25) is 0 Å². The fraction of sp³-hybridized carbons (Fsp3) is 0. The number of pyridine rings is 2. The lowest BCUT2D eigenvalue weighted by Crippen LogP contribution is -1.91. The van der Waals surface area contributed by atoms with Gasteiger partial charge in [-0.1, -0.05) is 103 Å². The Balaban J connectivity index is 1.29. The summed E-state index contributed by atoms with van der Waals surface area (Å²) in [5.74, 6) is 0. The first-order valence-corrected chi connectivity index (χ1v) is 15.3. The maximum atomic E-state index is 5.26. The SMILES string of the molecule is c1ccc(-c2cc3ccc(-c4ccc5nc(-c6ccccc6)c6ccc7sc8ccccc8c7c6c5c4)cc3cn2)cc1. The molecule has 0 saturated heterocycles. The largest absolute Gasteiger partial charge is 0.256 e. The molecule has 0 unspecified atom stereocenters. The summed E-state index contributed by atoms with van der Waals surface area (Å²) < 4.78 is 2.61. The van der Waals surface area contributed by atoms with Gasteiger partial charge in [-0.2, -0.15) is 0 Å². The highest BCUT2D eigenvalue weighted by atomic mass is 32.1. The molecule has 0 fully saturated rings. The number of fused-ring (bicyclic) bond motifs is 8.